The number of carbonyl (C=O) groups is 2. The summed E-state index contributed by atoms with van der Waals surface area (Å²) in [4.78, 5) is 25.0. The SMILES string of the molecule is CC(C)CN(CCC#N)C(=O)[C@@H]1CC[C@H](C(=O)O)C1. The molecule has 1 aliphatic rings. The highest BCUT2D eigenvalue weighted by molar-refractivity contribution is 5.81. The second-order valence-electron chi connectivity index (χ2n) is 5.63. The third kappa shape index (κ3) is 4.55. The molecule has 0 aromatic rings. The van der Waals surface area contributed by atoms with E-state index in [0.717, 1.165) is 0 Å². The lowest BCUT2D eigenvalue weighted by Crippen LogP contribution is -2.38. The van der Waals surface area contributed by atoms with E-state index in [0.29, 0.717) is 44.7 Å². The van der Waals surface area contributed by atoms with Crippen molar-refractivity contribution in [3.8, 4) is 6.07 Å². The molecule has 0 unspecified atom stereocenters. The third-order valence-corrected chi connectivity index (χ3v) is 3.52. The van der Waals surface area contributed by atoms with Gasteiger partial charge in [-0.2, -0.15) is 5.26 Å². The van der Waals surface area contributed by atoms with Crippen molar-refractivity contribution in [2.45, 2.75) is 39.5 Å². The monoisotopic (exact) mass is 266 g/mol. The van der Waals surface area contributed by atoms with Gasteiger partial charge in [-0.15, -0.1) is 0 Å². The maximum Gasteiger partial charge on any atom is 0.306 e. The van der Waals surface area contributed by atoms with E-state index in [1.54, 1.807) is 4.90 Å². The smallest absolute Gasteiger partial charge is 0.306 e. The quantitative estimate of drug-likeness (QED) is 0.796. The fraction of sp³-hybridized carbons (Fsp3) is 0.786. The highest BCUT2D eigenvalue weighted by Gasteiger charge is 2.35. The summed E-state index contributed by atoms with van der Waals surface area (Å²) in [5.74, 6) is -1.00. The summed E-state index contributed by atoms with van der Waals surface area (Å²) in [7, 11) is 0. The van der Waals surface area contributed by atoms with Crippen molar-refractivity contribution >= 4 is 11.9 Å². The highest BCUT2D eigenvalue weighted by atomic mass is 16.4. The number of rotatable bonds is 6. The lowest BCUT2D eigenvalue weighted by atomic mass is 10.0. The van der Waals surface area contributed by atoms with Gasteiger partial charge >= 0.3 is 5.97 Å². The van der Waals surface area contributed by atoms with Gasteiger partial charge in [-0.25, -0.2) is 0 Å². The largest absolute Gasteiger partial charge is 0.481 e. The van der Waals surface area contributed by atoms with E-state index in [9.17, 15) is 9.59 Å². The number of aliphatic carboxylic acids is 1. The predicted molar refractivity (Wildman–Crippen MR) is 70.1 cm³/mol. The average Bonchev–Trinajstić information content (AvgIpc) is 2.82. The van der Waals surface area contributed by atoms with Crippen LogP contribution < -0.4 is 0 Å². The van der Waals surface area contributed by atoms with Crippen LogP contribution >= 0.6 is 0 Å². The average molecular weight is 266 g/mol. The summed E-state index contributed by atoms with van der Waals surface area (Å²) >= 11 is 0. The topological polar surface area (TPSA) is 81.4 Å². The van der Waals surface area contributed by atoms with Crippen LogP contribution in [-0.4, -0.2) is 35.0 Å². The van der Waals surface area contributed by atoms with E-state index in [1.807, 2.05) is 13.8 Å². The molecule has 0 saturated heterocycles. The van der Waals surface area contributed by atoms with Crippen LogP contribution in [0.3, 0.4) is 0 Å². The first-order valence-corrected chi connectivity index (χ1v) is 6.84. The molecule has 0 radical (unpaired) electrons. The molecule has 0 aromatic carbocycles. The van der Waals surface area contributed by atoms with Crippen molar-refractivity contribution in [1.82, 2.24) is 4.90 Å². The van der Waals surface area contributed by atoms with Gasteiger partial charge in [0.25, 0.3) is 0 Å². The van der Waals surface area contributed by atoms with Gasteiger partial charge in [-0.1, -0.05) is 13.8 Å². The molecule has 5 heteroatoms. The van der Waals surface area contributed by atoms with Crippen LogP contribution in [0.1, 0.15) is 39.5 Å². The number of hydrogen-bond acceptors (Lipinski definition) is 3. The maximum atomic E-state index is 12.4. The molecule has 0 bridgehead atoms. The molecule has 106 valence electrons. The molecule has 0 aromatic heterocycles. The van der Waals surface area contributed by atoms with Crippen LogP contribution in [0.2, 0.25) is 0 Å². The Morgan fingerprint density at radius 3 is 2.47 bits per heavy atom. The minimum absolute atomic E-state index is 0.0210. The number of hydrogen-bond donors (Lipinski definition) is 1. The van der Waals surface area contributed by atoms with Crippen molar-refractivity contribution in [2.75, 3.05) is 13.1 Å². The van der Waals surface area contributed by atoms with Crippen LogP contribution in [0, 0.1) is 29.1 Å². The first-order chi connectivity index (χ1) is 8.95. The summed E-state index contributed by atoms with van der Waals surface area (Å²) < 4.78 is 0. The second kappa shape index (κ2) is 7.13. The van der Waals surface area contributed by atoms with Gasteiger partial charge in [0.2, 0.25) is 5.91 Å². The van der Waals surface area contributed by atoms with Crippen molar-refractivity contribution in [1.29, 1.82) is 5.26 Å². The van der Waals surface area contributed by atoms with Crippen molar-refractivity contribution in [3.05, 3.63) is 0 Å². The maximum absolute atomic E-state index is 12.4. The molecule has 1 rings (SSSR count). The number of carboxylic acids is 1. The molecule has 1 fully saturated rings. The highest BCUT2D eigenvalue weighted by Crippen LogP contribution is 2.32. The van der Waals surface area contributed by atoms with Gasteiger partial charge in [0.05, 0.1) is 18.4 Å². The summed E-state index contributed by atoms with van der Waals surface area (Å²) in [5, 5.41) is 17.6. The Morgan fingerprint density at radius 1 is 1.37 bits per heavy atom. The number of nitriles is 1. The zero-order chi connectivity index (χ0) is 14.4. The minimum Gasteiger partial charge on any atom is -0.481 e. The van der Waals surface area contributed by atoms with Gasteiger partial charge in [0.15, 0.2) is 0 Å². The van der Waals surface area contributed by atoms with Crippen LogP contribution in [0.4, 0.5) is 0 Å². The van der Waals surface area contributed by atoms with Gasteiger partial charge < -0.3 is 10.0 Å². The Morgan fingerprint density at radius 2 is 2.00 bits per heavy atom. The summed E-state index contributed by atoms with van der Waals surface area (Å²) in [6, 6.07) is 2.06. The molecule has 1 aliphatic carbocycles. The Labute approximate surface area is 114 Å². The number of nitrogens with zero attached hydrogens (tertiary/aromatic N) is 2. The minimum atomic E-state index is -0.803. The van der Waals surface area contributed by atoms with E-state index in [4.69, 9.17) is 10.4 Å². The molecule has 0 spiro atoms. The molecule has 1 N–H and O–H groups in total. The molecule has 0 heterocycles. The van der Waals surface area contributed by atoms with Gasteiger partial charge in [-0.05, 0) is 25.2 Å². The first-order valence-electron chi connectivity index (χ1n) is 6.84. The number of amides is 1. The number of carbonyl (C=O) groups excluding carboxylic acids is 1. The van der Waals surface area contributed by atoms with Crippen molar-refractivity contribution in [3.63, 3.8) is 0 Å². The zero-order valence-electron chi connectivity index (χ0n) is 11.6. The third-order valence-electron chi connectivity index (χ3n) is 3.52. The molecule has 2 atom stereocenters. The molecular formula is C14H22N2O3. The lowest BCUT2D eigenvalue weighted by Gasteiger charge is -2.26. The van der Waals surface area contributed by atoms with Crippen molar-refractivity contribution in [2.24, 2.45) is 17.8 Å². The Bertz CT molecular complexity index is 373. The van der Waals surface area contributed by atoms with Gasteiger partial charge in [-0.3, -0.25) is 9.59 Å². The number of carboxylic acid groups (broad SMARTS) is 1. The Kier molecular flexibility index (Phi) is 5.81. The molecule has 5 nitrogen and oxygen atoms in total. The van der Waals surface area contributed by atoms with Crippen molar-refractivity contribution < 1.29 is 14.7 Å². The van der Waals surface area contributed by atoms with Crippen LogP contribution in [0.15, 0.2) is 0 Å². The fourth-order valence-corrected chi connectivity index (χ4v) is 2.61. The summed E-state index contributed by atoms with van der Waals surface area (Å²) in [6.45, 7) is 5.14. The molecule has 0 aliphatic heterocycles. The Balaban J connectivity index is 2.61. The van der Waals surface area contributed by atoms with E-state index < -0.39 is 5.97 Å². The first kappa shape index (κ1) is 15.5. The molecule has 19 heavy (non-hydrogen) atoms. The van der Waals surface area contributed by atoms with E-state index >= 15 is 0 Å². The normalized spacial score (nSPS) is 22.2. The lowest BCUT2D eigenvalue weighted by molar-refractivity contribution is -0.141. The molecule has 1 amide bonds. The van der Waals surface area contributed by atoms with E-state index in [2.05, 4.69) is 6.07 Å². The van der Waals surface area contributed by atoms with Crippen LogP contribution in [0.5, 0.6) is 0 Å². The molecular weight excluding hydrogens is 244 g/mol. The van der Waals surface area contributed by atoms with Gasteiger partial charge in [0.1, 0.15) is 0 Å². The predicted octanol–water partition coefficient (Wildman–Crippen LogP) is 1.89. The van der Waals surface area contributed by atoms with E-state index in [1.165, 1.54) is 0 Å². The van der Waals surface area contributed by atoms with E-state index in [-0.39, 0.29) is 17.7 Å². The Hall–Kier alpha value is -1.57. The van der Waals surface area contributed by atoms with Crippen LogP contribution in [-0.2, 0) is 9.59 Å². The summed E-state index contributed by atoms with van der Waals surface area (Å²) in [6.07, 6.45) is 2.00. The van der Waals surface area contributed by atoms with Crippen LogP contribution in [0.25, 0.3) is 0 Å². The standard InChI is InChI=1S/C14H22N2O3/c1-10(2)9-16(7-3-6-15)13(17)11-4-5-12(8-11)14(18)19/h10-12H,3-5,7-9H2,1-2H3,(H,18,19)/t11-,12+/m1/s1. The molecule has 1 saturated carbocycles. The zero-order valence-corrected chi connectivity index (χ0v) is 11.6. The fourth-order valence-electron chi connectivity index (χ4n) is 2.61. The second-order valence-corrected chi connectivity index (χ2v) is 5.63. The van der Waals surface area contributed by atoms with Gasteiger partial charge in [0, 0.05) is 19.0 Å². The summed E-state index contributed by atoms with van der Waals surface area (Å²) in [5.41, 5.74) is 0.